The number of halogens is 11. The SMILES string of the molecule is O=S(=O)(OS(c1ccccc1)(c1ccc(Cl)cc1)c1ccc(Cl)cc1)C(F)(F)C(F)(F)C(F)(F)C(F)(F)F. The molecule has 3 aromatic carbocycles. The second kappa shape index (κ2) is 10.1. The smallest absolute Gasteiger partial charge is 0.202 e. The Kier molecular flexibility index (Phi) is 8.10. The monoisotopic (exact) mass is 630 g/mol. The van der Waals surface area contributed by atoms with E-state index in [1.165, 1.54) is 18.2 Å². The van der Waals surface area contributed by atoms with Crippen LogP contribution in [0.1, 0.15) is 0 Å². The molecular formula is C22H13Cl2F9O3S2. The van der Waals surface area contributed by atoms with Crippen molar-refractivity contribution in [3.63, 3.8) is 0 Å². The molecule has 3 aromatic rings. The van der Waals surface area contributed by atoms with Gasteiger partial charge in [0.05, 0.1) is 0 Å². The Balaban J connectivity index is 2.36. The van der Waals surface area contributed by atoms with Crippen molar-refractivity contribution in [2.75, 3.05) is 0 Å². The number of rotatable bonds is 8. The first-order chi connectivity index (χ1) is 17.3. The van der Waals surface area contributed by atoms with Crippen molar-refractivity contribution in [2.45, 2.75) is 38.0 Å². The van der Waals surface area contributed by atoms with E-state index < -0.39 is 43.7 Å². The summed E-state index contributed by atoms with van der Waals surface area (Å²) in [6.45, 7) is 0. The molecule has 16 heteroatoms. The normalized spacial score (nSPS) is 14.4. The van der Waals surface area contributed by atoms with Crippen molar-refractivity contribution < 1.29 is 51.6 Å². The maximum absolute atomic E-state index is 14.7. The fraction of sp³-hybridized carbons (Fsp3) is 0.182. The Morgan fingerprint density at radius 3 is 1.29 bits per heavy atom. The van der Waals surface area contributed by atoms with Gasteiger partial charge in [0.1, 0.15) is 0 Å². The molecule has 3 nitrogen and oxygen atoms in total. The minimum Gasteiger partial charge on any atom is -0.202 e. The second-order valence-electron chi connectivity index (χ2n) is 7.46. The minimum absolute atomic E-state index is 0.0655. The lowest BCUT2D eigenvalue weighted by Crippen LogP contribution is -2.63. The van der Waals surface area contributed by atoms with Gasteiger partial charge in [-0.3, -0.25) is 0 Å². The topological polar surface area (TPSA) is 43.4 Å². The average molecular weight is 631 g/mol. The van der Waals surface area contributed by atoms with Crippen LogP contribution in [0.15, 0.2) is 93.5 Å². The molecular weight excluding hydrogens is 618 g/mol. The molecule has 0 fully saturated rings. The van der Waals surface area contributed by atoms with Gasteiger partial charge in [0.15, 0.2) is 0 Å². The van der Waals surface area contributed by atoms with Crippen LogP contribution in [0, 0.1) is 0 Å². The summed E-state index contributed by atoms with van der Waals surface area (Å²) in [6, 6.07) is 15.4. The maximum atomic E-state index is 14.7. The molecule has 0 aliphatic heterocycles. The van der Waals surface area contributed by atoms with Gasteiger partial charge in [0, 0.05) is 24.7 Å². The molecule has 208 valence electrons. The van der Waals surface area contributed by atoms with Gasteiger partial charge in [-0.25, -0.2) is 3.63 Å². The third-order valence-corrected chi connectivity index (χ3v) is 10.7. The number of hydrogen-bond acceptors (Lipinski definition) is 3. The van der Waals surface area contributed by atoms with Crippen molar-refractivity contribution in [3.8, 4) is 0 Å². The van der Waals surface area contributed by atoms with Crippen LogP contribution in [0.4, 0.5) is 39.5 Å². The van der Waals surface area contributed by atoms with Crippen LogP contribution in [0.5, 0.6) is 0 Å². The van der Waals surface area contributed by atoms with Gasteiger partial charge in [-0.05, 0) is 71.0 Å². The molecule has 0 aromatic heterocycles. The van der Waals surface area contributed by atoms with Crippen LogP contribution in [-0.4, -0.2) is 31.7 Å². The lowest BCUT2D eigenvalue weighted by atomic mass is 10.1. The van der Waals surface area contributed by atoms with Crippen molar-refractivity contribution in [2.24, 2.45) is 0 Å². The molecule has 0 N–H and O–H groups in total. The number of alkyl halides is 9. The fourth-order valence-corrected chi connectivity index (χ4v) is 8.53. The first-order valence-electron chi connectivity index (χ1n) is 9.87. The van der Waals surface area contributed by atoms with E-state index in [4.69, 9.17) is 26.8 Å². The second-order valence-corrected chi connectivity index (χ2v) is 12.8. The van der Waals surface area contributed by atoms with E-state index >= 15 is 0 Å². The Labute approximate surface area is 221 Å². The predicted octanol–water partition coefficient (Wildman–Crippen LogP) is 8.96. The Morgan fingerprint density at radius 1 is 0.553 bits per heavy atom. The van der Waals surface area contributed by atoms with E-state index in [9.17, 15) is 47.9 Å². The molecule has 0 saturated carbocycles. The van der Waals surface area contributed by atoms with Crippen LogP contribution in [0.25, 0.3) is 0 Å². The van der Waals surface area contributed by atoms with E-state index in [-0.39, 0.29) is 24.7 Å². The van der Waals surface area contributed by atoms with Crippen molar-refractivity contribution in [1.29, 1.82) is 0 Å². The summed E-state index contributed by atoms with van der Waals surface area (Å²) >= 11 is 11.7. The zero-order valence-corrected chi connectivity index (χ0v) is 21.3. The van der Waals surface area contributed by atoms with E-state index in [0.717, 1.165) is 60.7 Å². The Morgan fingerprint density at radius 2 is 0.921 bits per heavy atom. The number of hydrogen-bond donors (Lipinski definition) is 0. The average Bonchev–Trinajstić information content (AvgIpc) is 2.83. The molecule has 3 rings (SSSR count). The Bertz CT molecular complexity index is 1340. The van der Waals surface area contributed by atoms with Crippen LogP contribution in [0.3, 0.4) is 0 Å². The molecule has 0 aliphatic rings. The molecule has 0 bridgehead atoms. The van der Waals surface area contributed by atoms with Crippen LogP contribution in [0.2, 0.25) is 10.0 Å². The summed E-state index contributed by atoms with van der Waals surface area (Å²) in [4.78, 5) is -0.753. The summed E-state index contributed by atoms with van der Waals surface area (Å²) in [6.07, 6.45) is -7.23. The molecule has 0 aliphatic carbocycles. The zero-order chi connectivity index (χ0) is 28.8. The lowest BCUT2D eigenvalue weighted by Gasteiger charge is -2.41. The standard InChI is InChI=1S/C22H13Cl2F9O3S2/c23-14-6-10-17(11-7-14)37(16-4-2-1-3-5-16,18-12-8-15(24)9-13-18)36-38(34,35)22(32,33)20(27,28)19(25,26)21(29,30)31/h1-13H. The van der Waals surface area contributed by atoms with Crippen LogP contribution < -0.4 is 0 Å². The quantitative estimate of drug-likeness (QED) is 0.233. The highest BCUT2D eigenvalue weighted by Gasteiger charge is 2.86. The van der Waals surface area contributed by atoms with Gasteiger partial charge in [-0.1, -0.05) is 41.4 Å². The maximum Gasteiger partial charge on any atom is 0.460 e. The van der Waals surface area contributed by atoms with Gasteiger partial charge in [0.25, 0.3) is 0 Å². The van der Waals surface area contributed by atoms with Gasteiger partial charge in [0.2, 0.25) is 0 Å². The summed E-state index contributed by atoms with van der Waals surface area (Å²) in [5.74, 6) is -14.9. The molecule has 0 radical (unpaired) electrons. The molecule has 0 unspecified atom stereocenters. The molecule has 0 spiro atoms. The Hall–Kier alpha value is -2.13. The van der Waals surface area contributed by atoms with Gasteiger partial charge < -0.3 is 0 Å². The van der Waals surface area contributed by atoms with Gasteiger partial charge >= 0.3 is 33.4 Å². The van der Waals surface area contributed by atoms with Crippen molar-refractivity contribution in [3.05, 3.63) is 88.9 Å². The molecule has 0 amide bonds. The van der Waals surface area contributed by atoms with E-state index in [1.54, 1.807) is 0 Å². The summed E-state index contributed by atoms with van der Waals surface area (Å²) in [5.41, 5.74) is 0. The number of benzene rings is 3. The first-order valence-corrected chi connectivity index (χ1v) is 13.6. The largest absolute Gasteiger partial charge is 0.460 e. The van der Waals surface area contributed by atoms with Crippen LogP contribution in [-0.2, 0) is 13.7 Å². The highest BCUT2D eigenvalue weighted by atomic mass is 35.5. The van der Waals surface area contributed by atoms with Gasteiger partial charge in [-0.15, -0.1) is 0 Å². The van der Waals surface area contributed by atoms with Crippen molar-refractivity contribution >= 4 is 43.6 Å². The van der Waals surface area contributed by atoms with Crippen molar-refractivity contribution in [1.82, 2.24) is 0 Å². The van der Waals surface area contributed by atoms with E-state index in [2.05, 4.69) is 0 Å². The molecule has 0 saturated heterocycles. The lowest BCUT2D eigenvalue weighted by molar-refractivity contribution is -0.382. The third kappa shape index (κ3) is 4.96. The fourth-order valence-electron chi connectivity index (χ4n) is 3.09. The molecule has 38 heavy (non-hydrogen) atoms. The summed E-state index contributed by atoms with van der Waals surface area (Å²) in [5, 5.41) is -6.93. The summed E-state index contributed by atoms with van der Waals surface area (Å²) in [7, 11) is -11.4. The highest BCUT2D eigenvalue weighted by Crippen LogP contribution is 2.71. The summed E-state index contributed by atoms with van der Waals surface area (Å²) < 4.78 is 153. The highest BCUT2D eigenvalue weighted by molar-refractivity contribution is 8.33. The third-order valence-electron chi connectivity index (χ3n) is 4.99. The predicted molar refractivity (Wildman–Crippen MR) is 123 cm³/mol. The van der Waals surface area contributed by atoms with E-state index in [0.29, 0.717) is 0 Å². The minimum atomic E-state index is -7.47. The van der Waals surface area contributed by atoms with E-state index in [1.807, 2.05) is 0 Å². The zero-order valence-electron chi connectivity index (χ0n) is 18.2. The first kappa shape index (κ1) is 30.4. The molecule has 0 atom stereocenters. The van der Waals surface area contributed by atoms with Crippen LogP contribution >= 0.6 is 33.5 Å². The molecule has 0 heterocycles. The van der Waals surface area contributed by atoms with Gasteiger partial charge in [-0.2, -0.15) is 47.9 Å².